The minimum Gasteiger partial charge on any atom is -0.398 e. The average Bonchev–Trinajstić information content (AvgIpc) is 2.76. The van der Waals surface area contributed by atoms with Gasteiger partial charge in [0.1, 0.15) is 5.03 Å². The molecule has 0 fully saturated rings. The third-order valence-electron chi connectivity index (χ3n) is 2.59. The lowest BCUT2D eigenvalue weighted by Crippen LogP contribution is -1.91. The van der Waals surface area contributed by atoms with Gasteiger partial charge in [0.15, 0.2) is 4.34 Å². The molecule has 0 aliphatic carbocycles. The molecular weight excluding hydrogens is 262 g/mol. The summed E-state index contributed by atoms with van der Waals surface area (Å²) in [6.07, 6.45) is 1.80. The zero-order valence-corrected chi connectivity index (χ0v) is 11.4. The minimum absolute atomic E-state index is 0.772. The van der Waals surface area contributed by atoms with Gasteiger partial charge in [0.05, 0.1) is 10.2 Å². The Labute approximate surface area is 113 Å². The van der Waals surface area contributed by atoms with Crippen LogP contribution in [0.1, 0.15) is 5.56 Å². The van der Waals surface area contributed by atoms with E-state index in [-0.39, 0.29) is 0 Å². The molecule has 0 spiro atoms. The molecule has 0 atom stereocenters. The molecule has 0 aliphatic heterocycles. The van der Waals surface area contributed by atoms with Gasteiger partial charge < -0.3 is 5.73 Å². The lowest BCUT2D eigenvalue weighted by Gasteiger charge is -2.01. The fraction of sp³-hybridized carbons (Fsp3) is 0.0769. The van der Waals surface area contributed by atoms with Crippen molar-refractivity contribution in [2.24, 2.45) is 0 Å². The van der Waals surface area contributed by atoms with Crippen LogP contribution in [0.2, 0.25) is 0 Å². The van der Waals surface area contributed by atoms with Crippen LogP contribution in [0.3, 0.4) is 0 Å². The van der Waals surface area contributed by atoms with Gasteiger partial charge in [0, 0.05) is 11.9 Å². The van der Waals surface area contributed by atoms with Crippen molar-refractivity contribution in [3.8, 4) is 0 Å². The predicted octanol–water partition coefficient (Wildman–Crippen LogP) is 3.73. The van der Waals surface area contributed by atoms with Crippen LogP contribution in [-0.4, -0.2) is 9.97 Å². The first kappa shape index (κ1) is 11.5. The van der Waals surface area contributed by atoms with Gasteiger partial charge in [0.25, 0.3) is 0 Å². The maximum absolute atomic E-state index is 5.88. The first-order valence-electron chi connectivity index (χ1n) is 5.48. The molecule has 5 heteroatoms. The van der Waals surface area contributed by atoms with Crippen LogP contribution in [0.15, 0.2) is 45.9 Å². The second-order valence-corrected chi connectivity index (χ2v) is 6.23. The molecule has 0 bridgehead atoms. The number of aromatic nitrogens is 2. The molecule has 2 N–H and O–H groups in total. The molecular formula is C13H11N3S2. The fourth-order valence-corrected chi connectivity index (χ4v) is 3.56. The van der Waals surface area contributed by atoms with Crippen molar-refractivity contribution in [3.05, 3.63) is 42.1 Å². The van der Waals surface area contributed by atoms with Crippen LogP contribution in [0.4, 0.5) is 5.69 Å². The van der Waals surface area contributed by atoms with Gasteiger partial charge in [-0.25, -0.2) is 9.97 Å². The number of hydrogen-bond acceptors (Lipinski definition) is 5. The molecule has 3 nitrogen and oxygen atoms in total. The van der Waals surface area contributed by atoms with Gasteiger partial charge in [0.2, 0.25) is 0 Å². The highest BCUT2D eigenvalue weighted by atomic mass is 32.2. The minimum atomic E-state index is 0.772. The van der Waals surface area contributed by atoms with Gasteiger partial charge in [-0.1, -0.05) is 12.1 Å². The van der Waals surface area contributed by atoms with Gasteiger partial charge >= 0.3 is 0 Å². The van der Waals surface area contributed by atoms with Crippen molar-refractivity contribution in [1.29, 1.82) is 0 Å². The number of rotatable bonds is 2. The first-order valence-corrected chi connectivity index (χ1v) is 7.11. The number of pyridine rings is 1. The zero-order chi connectivity index (χ0) is 12.5. The van der Waals surface area contributed by atoms with Crippen LogP contribution in [0.5, 0.6) is 0 Å². The van der Waals surface area contributed by atoms with Crippen LogP contribution < -0.4 is 5.73 Å². The van der Waals surface area contributed by atoms with E-state index in [9.17, 15) is 0 Å². The Morgan fingerprint density at radius 3 is 2.89 bits per heavy atom. The number of fused-ring (bicyclic) bond motifs is 1. The maximum atomic E-state index is 5.88. The summed E-state index contributed by atoms with van der Waals surface area (Å²) in [5.74, 6) is 0. The highest BCUT2D eigenvalue weighted by Gasteiger charge is 2.06. The summed E-state index contributed by atoms with van der Waals surface area (Å²) in [7, 11) is 0. The van der Waals surface area contributed by atoms with Crippen LogP contribution in [0.25, 0.3) is 10.2 Å². The Balaban J connectivity index is 1.93. The summed E-state index contributed by atoms with van der Waals surface area (Å²) in [4.78, 5) is 8.91. The van der Waals surface area contributed by atoms with Crippen LogP contribution in [-0.2, 0) is 0 Å². The highest BCUT2D eigenvalue weighted by Crippen LogP contribution is 2.34. The number of aryl methyl sites for hydroxylation is 1. The van der Waals surface area contributed by atoms with Crippen molar-refractivity contribution in [3.63, 3.8) is 0 Å². The van der Waals surface area contributed by atoms with E-state index in [0.29, 0.717) is 0 Å². The highest BCUT2D eigenvalue weighted by molar-refractivity contribution is 8.01. The monoisotopic (exact) mass is 273 g/mol. The van der Waals surface area contributed by atoms with Gasteiger partial charge in [-0.3, -0.25) is 0 Å². The Hall–Kier alpha value is -1.59. The average molecular weight is 273 g/mol. The Morgan fingerprint density at radius 1 is 1.28 bits per heavy atom. The van der Waals surface area contributed by atoms with Gasteiger partial charge in [-0.15, -0.1) is 11.3 Å². The molecule has 2 heterocycles. The summed E-state index contributed by atoms with van der Waals surface area (Å²) in [5.41, 5.74) is 8.69. The van der Waals surface area contributed by atoms with E-state index < -0.39 is 0 Å². The van der Waals surface area contributed by atoms with Crippen molar-refractivity contribution in [1.82, 2.24) is 9.97 Å². The number of thiazole rings is 1. The summed E-state index contributed by atoms with van der Waals surface area (Å²) >= 11 is 3.23. The standard InChI is InChI=1S/C13H11N3S2/c1-8-7-15-12(6-9(8)14)18-13-16-10-4-2-3-5-11(10)17-13/h2-7H,1H3,(H2,14,15). The Kier molecular flexibility index (Phi) is 2.93. The summed E-state index contributed by atoms with van der Waals surface area (Å²) in [5, 5.41) is 0.886. The fourth-order valence-electron chi connectivity index (χ4n) is 1.56. The summed E-state index contributed by atoms with van der Waals surface area (Å²) < 4.78 is 2.19. The Bertz CT molecular complexity index is 673. The molecule has 1 aromatic carbocycles. The molecule has 0 saturated heterocycles. The molecule has 18 heavy (non-hydrogen) atoms. The molecule has 3 rings (SSSR count). The summed E-state index contributed by atoms with van der Waals surface area (Å²) in [6.45, 7) is 1.95. The molecule has 2 aromatic heterocycles. The lowest BCUT2D eigenvalue weighted by molar-refractivity contribution is 1.11. The van der Waals surface area contributed by atoms with Gasteiger partial charge in [-0.2, -0.15) is 0 Å². The molecule has 0 aliphatic rings. The van der Waals surface area contributed by atoms with E-state index in [4.69, 9.17) is 5.73 Å². The van der Waals surface area contributed by atoms with Crippen molar-refractivity contribution < 1.29 is 0 Å². The van der Waals surface area contributed by atoms with Crippen LogP contribution in [0, 0.1) is 6.92 Å². The predicted molar refractivity (Wildman–Crippen MR) is 77.1 cm³/mol. The van der Waals surface area contributed by atoms with Crippen molar-refractivity contribution in [2.75, 3.05) is 5.73 Å². The third-order valence-corrected chi connectivity index (χ3v) is 4.62. The lowest BCUT2D eigenvalue weighted by atomic mass is 10.3. The first-order chi connectivity index (χ1) is 8.72. The molecule has 0 unspecified atom stereocenters. The molecule has 3 aromatic rings. The molecule has 0 radical (unpaired) electrons. The topological polar surface area (TPSA) is 51.8 Å². The normalized spacial score (nSPS) is 10.9. The van der Waals surface area contributed by atoms with Crippen LogP contribution >= 0.6 is 23.1 Å². The largest absolute Gasteiger partial charge is 0.398 e. The van der Waals surface area contributed by atoms with E-state index in [0.717, 1.165) is 26.1 Å². The third kappa shape index (κ3) is 2.19. The van der Waals surface area contributed by atoms with E-state index in [2.05, 4.69) is 16.0 Å². The second-order valence-electron chi connectivity index (χ2n) is 3.93. The molecule has 0 amide bonds. The SMILES string of the molecule is Cc1cnc(Sc2nc3ccccc3s2)cc1N. The van der Waals surface area contributed by atoms with E-state index in [1.54, 1.807) is 29.3 Å². The van der Waals surface area contributed by atoms with E-state index in [1.165, 1.54) is 4.70 Å². The Morgan fingerprint density at radius 2 is 2.11 bits per heavy atom. The number of hydrogen-bond donors (Lipinski definition) is 1. The number of para-hydroxylation sites is 1. The van der Waals surface area contributed by atoms with Gasteiger partial charge in [-0.05, 0) is 42.4 Å². The van der Waals surface area contributed by atoms with Crippen molar-refractivity contribution >= 4 is 39.0 Å². The number of nitrogens with zero attached hydrogens (tertiary/aromatic N) is 2. The number of nitrogens with two attached hydrogens (primary N) is 1. The molecule has 0 saturated carbocycles. The second kappa shape index (κ2) is 4.59. The smallest absolute Gasteiger partial charge is 0.157 e. The number of nitrogen functional groups attached to an aromatic ring is 1. The number of benzene rings is 1. The van der Waals surface area contributed by atoms with E-state index >= 15 is 0 Å². The van der Waals surface area contributed by atoms with E-state index in [1.807, 2.05) is 31.2 Å². The number of anilines is 1. The quantitative estimate of drug-likeness (QED) is 0.773. The van der Waals surface area contributed by atoms with Crippen molar-refractivity contribution in [2.45, 2.75) is 16.3 Å². The molecule has 90 valence electrons. The summed E-state index contributed by atoms with van der Waals surface area (Å²) in [6, 6.07) is 10.0. The zero-order valence-electron chi connectivity index (χ0n) is 9.75. The maximum Gasteiger partial charge on any atom is 0.157 e.